The van der Waals surface area contributed by atoms with E-state index in [1.54, 1.807) is 0 Å². The maximum Gasteiger partial charge on any atom is 0.221 e. The van der Waals surface area contributed by atoms with Crippen molar-refractivity contribution in [1.29, 1.82) is 0 Å². The SMILES string of the molecule is CCC1CC(C(N)=O)CN1. The summed E-state index contributed by atoms with van der Waals surface area (Å²) in [5.74, 6) is -0.0894. The van der Waals surface area contributed by atoms with Gasteiger partial charge in [0, 0.05) is 12.6 Å². The van der Waals surface area contributed by atoms with Crippen molar-refractivity contribution >= 4 is 5.91 Å². The van der Waals surface area contributed by atoms with Crippen LogP contribution in [0.3, 0.4) is 0 Å². The minimum atomic E-state index is -0.163. The number of hydrogen-bond acceptors (Lipinski definition) is 2. The van der Waals surface area contributed by atoms with Gasteiger partial charge in [0.25, 0.3) is 0 Å². The second kappa shape index (κ2) is 3.01. The summed E-state index contributed by atoms with van der Waals surface area (Å²) in [6, 6.07) is 0.512. The Bertz CT molecular complexity index is 136. The minimum absolute atomic E-state index is 0.0740. The molecule has 0 radical (unpaired) electrons. The molecule has 1 amide bonds. The quantitative estimate of drug-likeness (QED) is 0.564. The third-order valence-corrected chi connectivity index (χ3v) is 2.12. The van der Waals surface area contributed by atoms with Gasteiger partial charge in [-0.2, -0.15) is 0 Å². The molecule has 0 saturated carbocycles. The van der Waals surface area contributed by atoms with Crippen molar-refractivity contribution < 1.29 is 4.79 Å². The Morgan fingerprint density at radius 2 is 2.50 bits per heavy atom. The van der Waals surface area contributed by atoms with E-state index in [1.807, 2.05) is 0 Å². The highest BCUT2D eigenvalue weighted by Crippen LogP contribution is 2.14. The Morgan fingerprint density at radius 3 is 2.80 bits per heavy atom. The van der Waals surface area contributed by atoms with Crippen LogP contribution in [0.5, 0.6) is 0 Å². The number of carbonyl (C=O) groups excluding carboxylic acids is 1. The first-order valence-corrected chi connectivity index (χ1v) is 3.76. The fourth-order valence-corrected chi connectivity index (χ4v) is 1.35. The van der Waals surface area contributed by atoms with Crippen molar-refractivity contribution in [3.63, 3.8) is 0 Å². The van der Waals surface area contributed by atoms with Crippen molar-refractivity contribution in [2.45, 2.75) is 25.8 Å². The van der Waals surface area contributed by atoms with Gasteiger partial charge in [-0.1, -0.05) is 6.92 Å². The molecule has 0 aromatic rings. The summed E-state index contributed by atoms with van der Waals surface area (Å²) in [6.45, 7) is 2.88. The highest BCUT2D eigenvalue weighted by atomic mass is 16.1. The van der Waals surface area contributed by atoms with Gasteiger partial charge in [0.05, 0.1) is 5.92 Å². The number of hydrogen-bond donors (Lipinski definition) is 2. The van der Waals surface area contributed by atoms with Crippen LogP contribution in [0, 0.1) is 5.92 Å². The van der Waals surface area contributed by atoms with E-state index in [-0.39, 0.29) is 11.8 Å². The molecule has 2 unspecified atom stereocenters. The number of amides is 1. The summed E-state index contributed by atoms with van der Waals surface area (Å²) in [4.78, 5) is 10.6. The van der Waals surface area contributed by atoms with Crippen molar-refractivity contribution in [2.24, 2.45) is 11.7 Å². The molecular weight excluding hydrogens is 128 g/mol. The summed E-state index contributed by atoms with van der Waals surface area (Å²) in [6.07, 6.45) is 2.01. The van der Waals surface area contributed by atoms with Crippen LogP contribution in [-0.2, 0) is 4.79 Å². The van der Waals surface area contributed by atoms with Crippen molar-refractivity contribution in [2.75, 3.05) is 6.54 Å². The molecular formula is C7H14N2O. The Hall–Kier alpha value is -0.570. The zero-order valence-corrected chi connectivity index (χ0v) is 6.26. The zero-order valence-electron chi connectivity index (χ0n) is 6.26. The van der Waals surface area contributed by atoms with Gasteiger partial charge >= 0.3 is 0 Å². The lowest BCUT2D eigenvalue weighted by Gasteiger charge is -2.03. The van der Waals surface area contributed by atoms with E-state index in [0.717, 1.165) is 19.4 Å². The van der Waals surface area contributed by atoms with Gasteiger partial charge in [0.15, 0.2) is 0 Å². The number of nitrogens with one attached hydrogen (secondary N) is 1. The predicted octanol–water partition coefficient (Wildman–Crippen LogP) is -0.140. The highest BCUT2D eigenvalue weighted by Gasteiger charge is 2.26. The molecule has 3 nitrogen and oxygen atoms in total. The van der Waals surface area contributed by atoms with E-state index >= 15 is 0 Å². The number of rotatable bonds is 2. The van der Waals surface area contributed by atoms with Crippen LogP contribution >= 0.6 is 0 Å². The van der Waals surface area contributed by atoms with Crippen molar-refractivity contribution in [3.05, 3.63) is 0 Å². The molecule has 0 aromatic carbocycles. The highest BCUT2D eigenvalue weighted by molar-refractivity contribution is 5.77. The summed E-state index contributed by atoms with van der Waals surface area (Å²) < 4.78 is 0. The Kier molecular flexibility index (Phi) is 2.27. The Balaban J connectivity index is 2.35. The van der Waals surface area contributed by atoms with Gasteiger partial charge in [-0.15, -0.1) is 0 Å². The Morgan fingerprint density at radius 1 is 1.80 bits per heavy atom. The van der Waals surface area contributed by atoms with E-state index in [9.17, 15) is 4.79 Å². The van der Waals surface area contributed by atoms with Crippen LogP contribution < -0.4 is 11.1 Å². The first kappa shape index (κ1) is 7.54. The molecule has 2 atom stereocenters. The maximum absolute atomic E-state index is 10.6. The summed E-state index contributed by atoms with van der Waals surface area (Å²) in [5, 5.41) is 3.24. The molecule has 10 heavy (non-hydrogen) atoms. The molecule has 1 heterocycles. The molecule has 1 rings (SSSR count). The monoisotopic (exact) mass is 142 g/mol. The minimum Gasteiger partial charge on any atom is -0.369 e. The molecule has 1 fully saturated rings. The van der Waals surface area contributed by atoms with Gasteiger partial charge in [-0.05, 0) is 12.8 Å². The molecule has 1 aliphatic rings. The van der Waals surface area contributed by atoms with Crippen molar-refractivity contribution in [1.82, 2.24) is 5.32 Å². The first-order chi connectivity index (χ1) is 4.74. The summed E-state index contributed by atoms with van der Waals surface area (Å²) in [5.41, 5.74) is 5.14. The van der Waals surface area contributed by atoms with Crippen LogP contribution in [0.2, 0.25) is 0 Å². The van der Waals surface area contributed by atoms with Crippen LogP contribution in [0.15, 0.2) is 0 Å². The van der Waals surface area contributed by atoms with Gasteiger partial charge < -0.3 is 11.1 Å². The molecule has 0 bridgehead atoms. The lowest BCUT2D eigenvalue weighted by atomic mass is 10.0. The van der Waals surface area contributed by atoms with Gasteiger partial charge in [-0.25, -0.2) is 0 Å². The van der Waals surface area contributed by atoms with Crippen LogP contribution in [0.1, 0.15) is 19.8 Å². The normalized spacial score (nSPS) is 32.5. The topological polar surface area (TPSA) is 55.1 Å². The van der Waals surface area contributed by atoms with Gasteiger partial charge in [-0.3, -0.25) is 4.79 Å². The smallest absolute Gasteiger partial charge is 0.221 e. The third kappa shape index (κ3) is 1.48. The molecule has 3 heteroatoms. The molecule has 3 N–H and O–H groups in total. The molecule has 0 aliphatic carbocycles. The van der Waals surface area contributed by atoms with Gasteiger partial charge in [0.2, 0.25) is 5.91 Å². The largest absolute Gasteiger partial charge is 0.369 e. The molecule has 1 aliphatic heterocycles. The molecule has 1 saturated heterocycles. The lowest BCUT2D eigenvalue weighted by Crippen LogP contribution is -2.25. The molecule has 0 aromatic heterocycles. The average molecular weight is 142 g/mol. The van der Waals surface area contributed by atoms with E-state index in [2.05, 4.69) is 12.2 Å². The van der Waals surface area contributed by atoms with E-state index in [1.165, 1.54) is 0 Å². The van der Waals surface area contributed by atoms with Crippen LogP contribution in [-0.4, -0.2) is 18.5 Å². The summed E-state index contributed by atoms with van der Waals surface area (Å²) in [7, 11) is 0. The number of carbonyl (C=O) groups is 1. The van der Waals surface area contributed by atoms with E-state index in [4.69, 9.17) is 5.73 Å². The predicted molar refractivity (Wildman–Crippen MR) is 39.4 cm³/mol. The third-order valence-electron chi connectivity index (χ3n) is 2.12. The molecule has 0 spiro atoms. The van der Waals surface area contributed by atoms with Crippen molar-refractivity contribution in [3.8, 4) is 0 Å². The molecule has 58 valence electrons. The van der Waals surface area contributed by atoms with Gasteiger partial charge in [0.1, 0.15) is 0 Å². The average Bonchev–Trinajstić information content (AvgIpc) is 2.34. The standard InChI is InChI=1S/C7H14N2O/c1-2-6-3-5(4-9-6)7(8)10/h5-6,9H,2-4H2,1H3,(H2,8,10). The zero-order chi connectivity index (χ0) is 7.56. The van der Waals surface area contributed by atoms with Crippen LogP contribution in [0.25, 0.3) is 0 Å². The number of nitrogens with two attached hydrogens (primary N) is 1. The Labute approximate surface area is 61.0 Å². The maximum atomic E-state index is 10.6. The fourth-order valence-electron chi connectivity index (χ4n) is 1.35. The number of primary amides is 1. The summed E-state index contributed by atoms with van der Waals surface area (Å²) >= 11 is 0. The van der Waals surface area contributed by atoms with Crippen LogP contribution in [0.4, 0.5) is 0 Å². The first-order valence-electron chi connectivity index (χ1n) is 3.76. The van der Waals surface area contributed by atoms with E-state index in [0.29, 0.717) is 6.04 Å². The second-order valence-electron chi connectivity index (χ2n) is 2.85. The fraction of sp³-hybridized carbons (Fsp3) is 0.857. The van der Waals surface area contributed by atoms with E-state index < -0.39 is 0 Å². The lowest BCUT2D eigenvalue weighted by molar-refractivity contribution is -0.121. The second-order valence-corrected chi connectivity index (χ2v) is 2.85.